The summed E-state index contributed by atoms with van der Waals surface area (Å²) < 4.78 is 5.35. The third-order valence-corrected chi connectivity index (χ3v) is 3.80. The van der Waals surface area contributed by atoms with E-state index in [0.29, 0.717) is 12.6 Å². The highest BCUT2D eigenvalue weighted by molar-refractivity contribution is 5.67. The summed E-state index contributed by atoms with van der Waals surface area (Å²) >= 11 is 0. The second kappa shape index (κ2) is 8.73. The second-order valence-corrected chi connectivity index (χ2v) is 7.82. The maximum atomic E-state index is 11.9. The molecule has 1 amide bonds. The van der Waals surface area contributed by atoms with Crippen molar-refractivity contribution in [1.82, 2.24) is 15.1 Å². The minimum atomic E-state index is -0.429. The Morgan fingerprint density at radius 3 is 2.41 bits per heavy atom. The van der Waals surface area contributed by atoms with E-state index >= 15 is 0 Å². The number of ether oxygens (including phenoxy) is 1. The fourth-order valence-corrected chi connectivity index (χ4v) is 2.70. The molecule has 0 saturated carbocycles. The number of nitrogens with one attached hydrogen (secondary N) is 1. The summed E-state index contributed by atoms with van der Waals surface area (Å²) in [5.74, 6) is 0.743. The molecule has 0 aromatic heterocycles. The van der Waals surface area contributed by atoms with E-state index in [1.54, 1.807) is 11.9 Å². The van der Waals surface area contributed by atoms with E-state index in [1.807, 2.05) is 20.8 Å². The average molecular weight is 313 g/mol. The quantitative estimate of drug-likeness (QED) is 0.818. The summed E-state index contributed by atoms with van der Waals surface area (Å²) in [5.41, 5.74) is -0.429. The summed E-state index contributed by atoms with van der Waals surface area (Å²) in [6, 6.07) is 0.579. The molecule has 0 aromatic rings. The van der Waals surface area contributed by atoms with Gasteiger partial charge < -0.3 is 19.9 Å². The molecule has 130 valence electrons. The first kappa shape index (κ1) is 19.2. The predicted octanol–water partition coefficient (Wildman–Crippen LogP) is 2.56. The van der Waals surface area contributed by atoms with Gasteiger partial charge in [0.15, 0.2) is 0 Å². The van der Waals surface area contributed by atoms with Gasteiger partial charge in [-0.15, -0.1) is 0 Å². The standard InChI is InChI=1S/C17H35N3O2/c1-14(2)13-20-10-7-15(8-11-20)18-9-12-19(6)16(21)22-17(3,4)5/h14-15,18H,7-13H2,1-6H3. The second-order valence-electron chi connectivity index (χ2n) is 7.82. The lowest BCUT2D eigenvalue weighted by molar-refractivity contribution is 0.0298. The topological polar surface area (TPSA) is 44.8 Å². The van der Waals surface area contributed by atoms with Crippen molar-refractivity contribution in [3.05, 3.63) is 0 Å². The molecule has 1 heterocycles. The Balaban J connectivity index is 2.16. The molecule has 5 nitrogen and oxygen atoms in total. The van der Waals surface area contributed by atoms with E-state index in [-0.39, 0.29) is 6.09 Å². The number of nitrogens with zero attached hydrogens (tertiary/aromatic N) is 2. The van der Waals surface area contributed by atoms with Crippen LogP contribution < -0.4 is 5.32 Å². The molecule has 0 aromatic carbocycles. The molecule has 1 aliphatic rings. The van der Waals surface area contributed by atoms with Crippen molar-refractivity contribution in [1.29, 1.82) is 0 Å². The maximum Gasteiger partial charge on any atom is 0.410 e. The Morgan fingerprint density at radius 1 is 1.32 bits per heavy atom. The van der Waals surface area contributed by atoms with Gasteiger partial charge in [0.2, 0.25) is 0 Å². The summed E-state index contributed by atoms with van der Waals surface area (Å²) in [7, 11) is 1.79. The first-order valence-corrected chi connectivity index (χ1v) is 8.57. The van der Waals surface area contributed by atoms with Gasteiger partial charge in [0.05, 0.1) is 0 Å². The number of likely N-dealkylation sites (tertiary alicyclic amines) is 1. The van der Waals surface area contributed by atoms with Gasteiger partial charge in [-0.2, -0.15) is 0 Å². The van der Waals surface area contributed by atoms with Crippen molar-refractivity contribution >= 4 is 6.09 Å². The highest BCUT2D eigenvalue weighted by Gasteiger charge is 2.21. The number of amides is 1. The number of piperidine rings is 1. The Labute approximate surface area is 136 Å². The van der Waals surface area contributed by atoms with Crippen molar-refractivity contribution in [2.24, 2.45) is 5.92 Å². The summed E-state index contributed by atoms with van der Waals surface area (Å²) in [5, 5.41) is 3.57. The van der Waals surface area contributed by atoms with Gasteiger partial charge in [-0.3, -0.25) is 0 Å². The monoisotopic (exact) mass is 313 g/mol. The van der Waals surface area contributed by atoms with Crippen LogP contribution in [0.4, 0.5) is 4.79 Å². The third-order valence-electron chi connectivity index (χ3n) is 3.80. The van der Waals surface area contributed by atoms with Gasteiger partial charge in [-0.1, -0.05) is 13.8 Å². The molecule has 1 aliphatic heterocycles. The minimum Gasteiger partial charge on any atom is -0.444 e. The van der Waals surface area contributed by atoms with Gasteiger partial charge >= 0.3 is 6.09 Å². The first-order valence-electron chi connectivity index (χ1n) is 8.57. The van der Waals surface area contributed by atoms with Crippen molar-refractivity contribution in [2.75, 3.05) is 39.8 Å². The number of carbonyl (C=O) groups is 1. The summed E-state index contributed by atoms with van der Waals surface area (Å²) in [6.45, 7) is 15.3. The van der Waals surface area contributed by atoms with Crippen LogP contribution in [0.2, 0.25) is 0 Å². The van der Waals surface area contributed by atoms with Crippen molar-refractivity contribution < 1.29 is 9.53 Å². The predicted molar refractivity (Wildman–Crippen MR) is 91.2 cm³/mol. The van der Waals surface area contributed by atoms with Crippen LogP contribution in [0.3, 0.4) is 0 Å². The molecule has 1 saturated heterocycles. The van der Waals surface area contributed by atoms with Crippen LogP contribution in [0.15, 0.2) is 0 Å². The largest absolute Gasteiger partial charge is 0.444 e. The average Bonchev–Trinajstić information content (AvgIpc) is 2.38. The normalized spacial score (nSPS) is 17.8. The highest BCUT2D eigenvalue weighted by atomic mass is 16.6. The zero-order chi connectivity index (χ0) is 16.8. The molecule has 0 atom stereocenters. The lowest BCUT2D eigenvalue weighted by Crippen LogP contribution is -2.46. The van der Waals surface area contributed by atoms with E-state index in [4.69, 9.17) is 4.74 Å². The molecular formula is C17H35N3O2. The van der Waals surface area contributed by atoms with Crippen LogP contribution in [0.1, 0.15) is 47.5 Å². The number of hydrogen-bond donors (Lipinski definition) is 1. The van der Waals surface area contributed by atoms with Crippen LogP contribution in [0.5, 0.6) is 0 Å². The smallest absolute Gasteiger partial charge is 0.410 e. The van der Waals surface area contributed by atoms with Gasteiger partial charge in [-0.25, -0.2) is 4.79 Å². The molecule has 0 bridgehead atoms. The SMILES string of the molecule is CC(C)CN1CCC(NCCN(C)C(=O)OC(C)(C)C)CC1. The highest BCUT2D eigenvalue weighted by Crippen LogP contribution is 2.12. The van der Waals surface area contributed by atoms with E-state index in [2.05, 4.69) is 24.1 Å². The molecule has 1 N–H and O–H groups in total. The van der Waals surface area contributed by atoms with Crippen molar-refractivity contribution in [2.45, 2.75) is 59.1 Å². The van der Waals surface area contributed by atoms with Crippen LogP contribution in [0, 0.1) is 5.92 Å². The first-order chi connectivity index (χ1) is 10.2. The van der Waals surface area contributed by atoms with E-state index < -0.39 is 5.60 Å². The Hall–Kier alpha value is -0.810. The third kappa shape index (κ3) is 7.99. The fourth-order valence-electron chi connectivity index (χ4n) is 2.70. The zero-order valence-electron chi connectivity index (χ0n) is 15.3. The maximum absolute atomic E-state index is 11.9. The molecular weight excluding hydrogens is 278 g/mol. The fraction of sp³-hybridized carbons (Fsp3) is 0.941. The molecule has 1 fully saturated rings. The molecule has 5 heteroatoms. The van der Waals surface area contributed by atoms with E-state index in [9.17, 15) is 4.79 Å². The molecule has 0 unspecified atom stereocenters. The minimum absolute atomic E-state index is 0.249. The Bertz CT molecular complexity index is 331. The molecule has 0 radical (unpaired) electrons. The molecule has 0 aliphatic carbocycles. The van der Waals surface area contributed by atoms with Gasteiger partial charge in [0.25, 0.3) is 0 Å². The van der Waals surface area contributed by atoms with Crippen LogP contribution in [-0.4, -0.2) is 67.3 Å². The molecule has 22 heavy (non-hydrogen) atoms. The van der Waals surface area contributed by atoms with Crippen molar-refractivity contribution in [3.63, 3.8) is 0 Å². The Kier molecular flexibility index (Phi) is 7.63. The van der Waals surface area contributed by atoms with Crippen molar-refractivity contribution in [3.8, 4) is 0 Å². The summed E-state index contributed by atoms with van der Waals surface area (Å²) in [4.78, 5) is 16.1. The number of carbonyl (C=O) groups excluding carboxylic acids is 1. The number of hydrogen-bond acceptors (Lipinski definition) is 4. The molecule has 0 spiro atoms. The Morgan fingerprint density at radius 2 is 1.91 bits per heavy atom. The van der Waals surface area contributed by atoms with E-state index in [0.717, 1.165) is 12.5 Å². The van der Waals surface area contributed by atoms with Crippen LogP contribution >= 0.6 is 0 Å². The zero-order valence-corrected chi connectivity index (χ0v) is 15.3. The number of likely N-dealkylation sites (N-methyl/N-ethyl adjacent to an activating group) is 1. The lowest BCUT2D eigenvalue weighted by Gasteiger charge is -2.33. The van der Waals surface area contributed by atoms with Gasteiger partial charge in [0, 0.05) is 32.7 Å². The summed E-state index contributed by atoms with van der Waals surface area (Å²) in [6.07, 6.45) is 2.15. The van der Waals surface area contributed by atoms with Gasteiger partial charge in [0.1, 0.15) is 5.60 Å². The number of rotatable bonds is 6. The van der Waals surface area contributed by atoms with Gasteiger partial charge in [-0.05, 0) is 52.6 Å². The molecule has 1 rings (SSSR count). The van der Waals surface area contributed by atoms with E-state index in [1.165, 1.54) is 32.5 Å². The van der Waals surface area contributed by atoms with Crippen LogP contribution in [0.25, 0.3) is 0 Å². The van der Waals surface area contributed by atoms with Crippen LogP contribution in [-0.2, 0) is 4.74 Å². The lowest BCUT2D eigenvalue weighted by atomic mass is 10.0.